The molecule has 5 heteroatoms. The first-order chi connectivity index (χ1) is 9.56. The highest BCUT2D eigenvalue weighted by Crippen LogP contribution is 2.22. The van der Waals surface area contributed by atoms with E-state index in [1.165, 1.54) is 24.3 Å². The number of fused-ring (bicyclic) bond motifs is 1. The van der Waals surface area contributed by atoms with E-state index in [9.17, 15) is 9.18 Å². The SMILES string of the molecule is Cc1nc2cc(C(=O)O)ccc2n1-c1cccc(F)c1. The number of aryl methyl sites for hydroxylation is 1. The Hall–Kier alpha value is -2.69. The summed E-state index contributed by atoms with van der Waals surface area (Å²) in [6.45, 7) is 1.80. The fourth-order valence-corrected chi connectivity index (χ4v) is 2.27. The molecule has 0 bridgehead atoms. The fraction of sp³-hybridized carbons (Fsp3) is 0.0667. The van der Waals surface area contributed by atoms with Crippen LogP contribution in [-0.2, 0) is 0 Å². The molecule has 4 nitrogen and oxygen atoms in total. The Morgan fingerprint density at radius 2 is 2.05 bits per heavy atom. The van der Waals surface area contributed by atoms with Crippen molar-refractivity contribution in [3.8, 4) is 5.69 Å². The lowest BCUT2D eigenvalue weighted by atomic mass is 10.2. The summed E-state index contributed by atoms with van der Waals surface area (Å²) in [5, 5.41) is 8.99. The van der Waals surface area contributed by atoms with Crippen molar-refractivity contribution in [2.45, 2.75) is 6.92 Å². The third-order valence-corrected chi connectivity index (χ3v) is 3.14. The van der Waals surface area contributed by atoms with Gasteiger partial charge in [0, 0.05) is 0 Å². The molecule has 3 aromatic rings. The Morgan fingerprint density at radius 1 is 1.25 bits per heavy atom. The first kappa shape index (κ1) is 12.3. The van der Waals surface area contributed by atoms with E-state index >= 15 is 0 Å². The summed E-state index contributed by atoms with van der Waals surface area (Å²) in [6.07, 6.45) is 0. The molecule has 0 radical (unpaired) electrons. The summed E-state index contributed by atoms with van der Waals surface area (Å²) in [5.41, 5.74) is 2.17. The fourth-order valence-electron chi connectivity index (χ4n) is 2.27. The molecule has 3 rings (SSSR count). The summed E-state index contributed by atoms with van der Waals surface area (Å²) >= 11 is 0. The van der Waals surface area contributed by atoms with Crippen molar-refractivity contribution < 1.29 is 14.3 Å². The highest BCUT2D eigenvalue weighted by molar-refractivity contribution is 5.92. The summed E-state index contributed by atoms with van der Waals surface area (Å²) in [7, 11) is 0. The van der Waals surface area contributed by atoms with Gasteiger partial charge in [0.05, 0.1) is 22.3 Å². The lowest BCUT2D eigenvalue weighted by molar-refractivity contribution is 0.0697. The topological polar surface area (TPSA) is 55.1 Å². The maximum atomic E-state index is 13.3. The molecule has 1 N–H and O–H groups in total. The van der Waals surface area contributed by atoms with E-state index in [1.807, 2.05) is 0 Å². The minimum atomic E-state index is -0.996. The maximum Gasteiger partial charge on any atom is 0.335 e. The third kappa shape index (κ3) is 1.93. The monoisotopic (exact) mass is 270 g/mol. The normalized spacial score (nSPS) is 10.9. The second kappa shape index (κ2) is 4.45. The maximum absolute atomic E-state index is 13.3. The van der Waals surface area contributed by atoms with Gasteiger partial charge < -0.3 is 5.11 Å². The molecule has 0 unspecified atom stereocenters. The number of hydrogen-bond donors (Lipinski definition) is 1. The van der Waals surface area contributed by atoms with Crippen molar-refractivity contribution in [1.82, 2.24) is 9.55 Å². The van der Waals surface area contributed by atoms with Crippen molar-refractivity contribution >= 4 is 17.0 Å². The van der Waals surface area contributed by atoms with E-state index in [1.54, 1.807) is 29.7 Å². The molecule has 0 aliphatic rings. The number of hydrogen-bond acceptors (Lipinski definition) is 2. The number of nitrogens with zero attached hydrogens (tertiary/aromatic N) is 2. The Morgan fingerprint density at radius 3 is 2.75 bits per heavy atom. The predicted octanol–water partition coefficient (Wildman–Crippen LogP) is 3.17. The number of carbonyl (C=O) groups is 1. The van der Waals surface area contributed by atoms with Crippen LogP contribution in [0.1, 0.15) is 16.2 Å². The average molecular weight is 270 g/mol. The number of halogens is 1. The van der Waals surface area contributed by atoms with Gasteiger partial charge in [-0.25, -0.2) is 14.2 Å². The van der Waals surface area contributed by atoms with Gasteiger partial charge in [0.2, 0.25) is 0 Å². The van der Waals surface area contributed by atoms with Crippen molar-refractivity contribution in [3.63, 3.8) is 0 Å². The Bertz CT molecular complexity index is 824. The minimum absolute atomic E-state index is 0.182. The van der Waals surface area contributed by atoms with E-state index in [-0.39, 0.29) is 11.4 Å². The number of aromatic carboxylic acids is 1. The van der Waals surface area contributed by atoms with Crippen LogP contribution in [0.15, 0.2) is 42.5 Å². The molecule has 0 spiro atoms. The van der Waals surface area contributed by atoms with Gasteiger partial charge in [-0.2, -0.15) is 0 Å². The van der Waals surface area contributed by atoms with Crippen molar-refractivity contribution in [1.29, 1.82) is 0 Å². The number of imidazole rings is 1. The Kier molecular flexibility index (Phi) is 2.75. The summed E-state index contributed by atoms with van der Waals surface area (Å²) in [4.78, 5) is 15.3. The molecule has 1 heterocycles. The largest absolute Gasteiger partial charge is 0.478 e. The zero-order chi connectivity index (χ0) is 14.3. The quantitative estimate of drug-likeness (QED) is 0.778. The van der Waals surface area contributed by atoms with Crippen LogP contribution in [0.2, 0.25) is 0 Å². The summed E-state index contributed by atoms with van der Waals surface area (Å²) in [5.74, 6) is -0.649. The molecule has 1 aromatic heterocycles. The average Bonchev–Trinajstić information content (AvgIpc) is 2.73. The van der Waals surface area contributed by atoms with Crippen LogP contribution >= 0.6 is 0 Å². The molecular formula is C15H11FN2O2. The molecular weight excluding hydrogens is 259 g/mol. The van der Waals surface area contributed by atoms with E-state index < -0.39 is 5.97 Å². The first-order valence-corrected chi connectivity index (χ1v) is 6.04. The van der Waals surface area contributed by atoms with Crippen LogP contribution < -0.4 is 0 Å². The molecule has 0 aliphatic heterocycles. The molecule has 2 aromatic carbocycles. The number of benzene rings is 2. The standard InChI is InChI=1S/C15H11FN2O2/c1-9-17-13-7-10(15(19)20)5-6-14(13)18(9)12-4-2-3-11(16)8-12/h2-8H,1H3,(H,19,20). The van der Waals surface area contributed by atoms with Crippen LogP contribution in [0.25, 0.3) is 16.7 Å². The minimum Gasteiger partial charge on any atom is -0.478 e. The molecule has 0 saturated heterocycles. The van der Waals surface area contributed by atoms with E-state index in [2.05, 4.69) is 4.98 Å². The third-order valence-electron chi connectivity index (χ3n) is 3.14. The molecule has 0 amide bonds. The van der Waals surface area contributed by atoms with E-state index in [4.69, 9.17) is 5.11 Å². The number of carboxylic acids is 1. The van der Waals surface area contributed by atoms with Gasteiger partial charge in [-0.1, -0.05) is 6.07 Å². The lowest BCUT2D eigenvalue weighted by Gasteiger charge is -2.06. The Labute approximate surface area is 114 Å². The van der Waals surface area contributed by atoms with Crippen LogP contribution in [0.5, 0.6) is 0 Å². The smallest absolute Gasteiger partial charge is 0.335 e. The van der Waals surface area contributed by atoms with Gasteiger partial charge in [-0.05, 0) is 43.3 Å². The molecule has 0 fully saturated rings. The lowest BCUT2D eigenvalue weighted by Crippen LogP contribution is -1.98. The molecule has 0 atom stereocenters. The van der Waals surface area contributed by atoms with Crippen molar-refractivity contribution in [2.75, 3.05) is 0 Å². The van der Waals surface area contributed by atoms with Gasteiger partial charge in [-0.15, -0.1) is 0 Å². The van der Waals surface area contributed by atoms with E-state index in [0.29, 0.717) is 17.0 Å². The van der Waals surface area contributed by atoms with E-state index in [0.717, 1.165) is 5.52 Å². The Balaban J connectivity index is 2.26. The van der Waals surface area contributed by atoms with Gasteiger partial charge in [0.1, 0.15) is 11.6 Å². The predicted molar refractivity (Wildman–Crippen MR) is 72.7 cm³/mol. The first-order valence-electron chi connectivity index (χ1n) is 6.04. The molecule has 20 heavy (non-hydrogen) atoms. The number of rotatable bonds is 2. The summed E-state index contributed by atoms with van der Waals surface area (Å²) < 4.78 is 15.1. The second-order valence-electron chi connectivity index (χ2n) is 4.48. The molecule has 0 aliphatic carbocycles. The molecule has 100 valence electrons. The zero-order valence-corrected chi connectivity index (χ0v) is 10.7. The van der Waals surface area contributed by atoms with Gasteiger partial charge in [-0.3, -0.25) is 4.57 Å². The molecule has 0 saturated carbocycles. The van der Waals surface area contributed by atoms with Gasteiger partial charge >= 0.3 is 5.97 Å². The van der Waals surface area contributed by atoms with Crippen LogP contribution in [0, 0.1) is 12.7 Å². The summed E-state index contributed by atoms with van der Waals surface area (Å²) in [6, 6.07) is 10.9. The van der Waals surface area contributed by atoms with Crippen molar-refractivity contribution in [2.24, 2.45) is 0 Å². The van der Waals surface area contributed by atoms with Crippen LogP contribution in [-0.4, -0.2) is 20.6 Å². The highest BCUT2D eigenvalue weighted by Gasteiger charge is 2.12. The van der Waals surface area contributed by atoms with Crippen LogP contribution in [0.4, 0.5) is 4.39 Å². The van der Waals surface area contributed by atoms with Gasteiger partial charge in [0.15, 0.2) is 0 Å². The van der Waals surface area contributed by atoms with Crippen molar-refractivity contribution in [3.05, 3.63) is 59.7 Å². The zero-order valence-electron chi connectivity index (χ0n) is 10.7. The number of aromatic nitrogens is 2. The number of carboxylic acid groups (broad SMARTS) is 1. The highest BCUT2D eigenvalue weighted by atomic mass is 19.1. The van der Waals surface area contributed by atoms with Gasteiger partial charge in [0.25, 0.3) is 0 Å². The second-order valence-corrected chi connectivity index (χ2v) is 4.48. The van der Waals surface area contributed by atoms with Crippen LogP contribution in [0.3, 0.4) is 0 Å².